The second-order valence-corrected chi connectivity index (χ2v) is 7.38. The van der Waals surface area contributed by atoms with Gasteiger partial charge in [-0.2, -0.15) is 0 Å². The number of carbonyl (C=O) groups is 1. The van der Waals surface area contributed by atoms with E-state index in [1.165, 1.54) is 24.2 Å². The van der Waals surface area contributed by atoms with Crippen molar-refractivity contribution in [3.8, 4) is 0 Å². The highest BCUT2D eigenvalue weighted by Crippen LogP contribution is 2.31. The van der Waals surface area contributed by atoms with Crippen molar-refractivity contribution in [1.82, 2.24) is 10.3 Å². The fourth-order valence-corrected chi connectivity index (χ4v) is 3.76. The molecular formula is C15H26N4OS. The molecule has 1 aromatic rings. The van der Waals surface area contributed by atoms with Crippen molar-refractivity contribution in [2.75, 3.05) is 11.1 Å². The zero-order valence-electron chi connectivity index (χ0n) is 13.3. The van der Waals surface area contributed by atoms with E-state index in [4.69, 9.17) is 5.73 Å². The van der Waals surface area contributed by atoms with Crippen molar-refractivity contribution in [3.05, 3.63) is 4.88 Å². The quantitative estimate of drug-likeness (QED) is 0.798. The lowest BCUT2D eigenvalue weighted by Crippen LogP contribution is -2.43. The van der Waals surface area contributed by atoms with Crippen LogP contribution in [-0.4, -0.2) is 23.0 Å². The molecule has 6 heteroatoms. The summed E-state index contributed by atoms with van der Waals surface area (Å²) in [5, 5.41) is 7.04. The van der Waals surface area contributed by atoms with E-state index in [1.54, 1.807) is 0 Å². The first-order chi connectivity index (χ1) is 9.88. The summed E-state index contributed by atoms with van der Waals surface area (Å²) in [7, 11) is 0. The van der Waals surface area contributed by atoms with Crippen molar-refractivity contribution < 1.29 is 4.79 Å². The number of nitrogen functional groups attached to an aromatic ring is 1. The predicted molar refractivity (Wildman–Crippen MR) is 88.7 cm³/mol. The van der Waals surface area contributed by atoms with Crippen LogP contribution >= 0.6 is 11.3 Å². The average Bonchev–Trinajstić information content (AvgIpc) is 2.75. The van der Waals surface area contributed by atoms with E-state index in [0.717, 1.165) is 6.42 Å². The first kappa shape index (κ1) is 16.1. The molecule has 118 valence electrons. The lowest BCUT2D eigenvalue weighted by Gasteiger charge is -2.34. The Hall–Kier alpha value is -1.30. The van der Waals surface area contributed by atoms with E-state index >= 15 is 0 Å². The Morgan fingerprint density at radius 3 is 2.76 bits per heavy atom. The Kier molecular flexibility index (Phi) is 5.08. The highest BCUT2D eigenvalue weighted by atomic mass is 32.1. The van der Waals surface area contributed by atoms with Gasteiger partial charge in [-0.05, 0) is 32.1 Å². The van der Waals surface area contributed by atoms with Crippen LogP contribution in [0.25, 0.3) is 0 Å². The summed E-state index contributed by atoms with van der Waals surface area (Å²) in [6, 6.07) is 0.509. The second kappa shape index (κ2) is 6.64. The molecule has 1 fully saturated rings. The molecule has 1 aromatic heterocycles. The number of nitrogens with one attached hydrogen (secondary N) is 2. The summed E-state index contributed by atoms with van der Waals surface area (Å²) >= 11 is 1.33. The van der Waals surface area contributed by atoms with Crippen LogP contribution in [-0.2, 0) is 0 Å². The Morgan fingerprint density at radius 2 is 2.10 bits per heavy atom. The highest BCUT2D eigenvalue weighted by Gasteiger charge is 2.29. The zero-order valence-corrected chi connectivity index (χ0v) is 14.1. The van der Waals surface area contributed by atoms with Gasteiger partial charge < -0.3 is 16.4 Å². The van der Waals surface area contributed by atoms with Gasteiger partial charge >= 0.3 is 0 Å². The van der Waals surface area contributed by atoms with Gasteiger partial charge in [0.1, 0.15) is 10.7 Å². The summed E-state index contributed by atoms with van der Waals surface area (Å²) in [5.74, 6) is 1.39. The van der Waals surface area contributed by atoms with Crippen molar-refractivity contribution in [2.45, 2.75) is 59.0 Å². The highest BCUT2D eigenvalue weighted by molar-refractivity contribution is 7.18. The minimum Gasteiger partial charge on any atom is -0.382 e. The van der Waals surface area contributed by atoms with Gasteiger partial charge in [0.15, 0.2) is 5.13 Å². The summed E-state index contributed by atoms with van der Waals surface area (Å²) in [4.78, 5) is 17.2. The third-order valence-corrected chi connectivity index (χ3v) is 5.30. The molecule has 0 aliphatic heterocycles. The molecule has 5 nitrogen and oxygen atoms in total. The average molecular weight is 310 g/mol. The predicted octanol–water partition coefficient (Wildman–Crippen LogP) is 3.10. The van der Waals surface area contributed by atoms with Crippen LogP contribution in [0, 0.1) is 11.8 Å². The number of thiazole rings is 1. The zero-order chi connectivity index (χ0) is 15.6. The first-order valence-electron chi connectivity index (χ1n) is 7.72. The molecule has 4 N–H and O–H groups in total. The third kappa shape index (κ3) is 3.87. The molecule has 0 radical (unpaired) electrons. The maximum absolute atomic E-state index is 12.4. The number of hydrogen-bond acceptors (Lipinski definition) is 5. The summed E-state index contributed by atoms with van der Waals surface area (Å²) in [6.07, 6.45) is 3.47. The molecule has 21 heavy (non-hydrogen) atoms. The van der Waals surface area contributed by atoms with Crippen LogP contribution in [0.3, 0.4) is 0 Å². The Morgan fingerprint density at radius 1 is 1.38 bits per heavy atom. The second-order valence-electron chi connectivity index (χ2n) is 6.38. The van der Waals surface area contributed by atoms with Gasteiger partial charge in [0.05, 0.1) is 0 Å². The molecule has 2 rings (SSSR count). The third-order valence-electron chi connectivity index (χ3n) is 4.30. The van der Waals surface area contributed by atoms with E-state index in [1.807, 2.05) is 13.8 Å². The van der Waals surface area contributed by atoms with Crippen LogP contribution in [0.4, 0.5) is 10.9 Å². The lowest BCUT2D eigenvalue weighted by molar-refractivity contribution is 0.0896. The van der Waals surface area contributed by atoms with E-state index in [9.17, 15) is 4.79 Å². The maximum Gasteiger partial charge on any atom is 0.265 e. The van der Waals surface area contributed by atoms with Crippen LogP contribution in [0.15, 0.2) is 0 Å². The molecule has 0 bridgehead atoms. The Labute approximate surface area is 130 Å². The molecule has 0 spiro atoms. The number of rotatable bonds is 4. The van der Waals surface area contributed by atoms with Crippen LogP contribution in [0.2, 0.25) is 0 Å². The number of hydrogen-bond donors (Lipinski definition) is 3. The number of nitrogens with two attached hydrogens (primary N) is 1. The van der Waals surface area contributed by atoms with E-state index < -0.39 is 0 Å². The minimum atomic E-state index is -0.0900. The van der Waals surface area contributed by atoms with Gasteiger partial charge in [0.2, 0.25) is 0 Å². The fourth-order valence-electron chi connectivity index (χ4n) is 2.82. The van der Waals surface area contributed by atoms with Crippen LogP contribution in [0.1, 0.15) is 56.6 Å². The normalized spacial score (nSPS) is 25.9. The van der Waals surface area contributed by atoms with Crippen LogP contribution in [0.5, 0.6) is 0 Å². The summed E-state index contributed by atoms with van der Waals surface area (Å²) in [5.41, 5.74) is 5.88. The topological polar surface area (TPSA) is 80.0 Å². The molecule has 0 saturated heterocycles. The molecular weight excluding hydrogens is 284 g/mol. The van der Waals surface area contributed by atoms with Gasteiger partial charge in [-0.25, -0.2) is 4.98 Å². The minimum absolute atomic E-state index is 0.0900. The monoisotopic (exact) mass is 310 g/mol. The first-order valence-corrected chi connectivity index (χ1v) is 8.53. The standard InChI is InChI=1S/C15H26N4OS/c1-8(2)17-15-19-13(16)12(21-15)14(20)18-11-7-5-6-9(3)10(11)4/h8-11H,5-7,16H2,1-4H3,(H,17,19)(H,18,20). The molecule has 1 heterocycles. The molecule has 1 aliphatic carbocycles. The SMILES string of the molecule is CC(C)Nc1nc(N)c(C(=O)NC2CCCC(C)C2C)s1. The van der Waals surface area contributed by atoms with E-state index in [0.29, 0.717) is 27.7 Å². The molecule has 1 saturated carbocycles. The van der Waals surface area contributed by atoms with E-state index in [2.05, 4.69) is 29.5 Å². The summed E-state index contributed by atoms with van der Waals surface area (Å²) in [6.45, 7) is 8.54. The van der Waals surface area contributed by atoms with Gasteiger partial charge in [0, 0.05) is 12.1 Å². The number of amides is 1. The van der Waals surface area contributed by atoms with Crippen molar-refractivity contribution in [2.24, 2.45) is 11.8 Å². The lowest BCUT2D eigenvalue weighted by atomic mass is 9.78. The molecule has 3 atom stereocenters. The van der Waals surface area contributed by atoms with Crippen molar-refractivity contribution in [3.63, 3.8) is 0 Å². The molecule has 1 amide bonds. The van der Waals surface area contributed by atoms with Crippen molar-refractivity contribution in [1.29, 1.82) is 0 Å². The maximum atomic E-state index is 12.4. The smallest absolute Gasteiger partial charge is 0.265 e. The number of anilines is 2. The largest absolute Gasteiger partial charge is 0.382 e. The van der Waals surface area contributed by atoms with E-state index in [-0.39, 0.29) is 18.0 Å². The molecule has 1 aliphatic rings. The van der Waals surface area contributed by atoms with Crippen molar-refractivity contribution >= 4 is 28.2 Å². The number of aromatic nitrogens is 1. The number of nitrogens with zero attached hydrogens (tertiary/aromatic N) is 1. The molecule has 0 aromatic carbocycles. The molecule has 3 unspecified atom stereocenters. The van der Waals surface area contributed by atoms with Gasteiger partial charge in [-0.1, -0.05) is 38.0 Å². The van der Waals surface area contributed by atoms with Gasteiger partial charge in [-0.3, -0.25) is 4.79 Å². The van der Waals surface area contributed by atoms with Gasteiger partial charge in [-0.15, -0.1) is 0 Å². The summed E-state index contributed by atoms with van der Waals surface area (Å²) < 4.78 is 0. The van der Waals surface area contributed by atoms with Crippen LogP contribution < -0.4 is 16.4 Å². The Bertz CT molecular complexity index is 500. The van der Waals surface area contributed by atoms with Gasteiger partial charge in [0.25, 0.3) is 5.91 Å². The Balaban J connectivity index is 2.04. The fraction of sp³-hybridized carbons (Fsp3) is 0.733. The number of carbonyl (C=O) groups excluding carboxylic acids is 1.